The summed E-state index contributed by atoms with van der Waals surface area (Å²) in [5.74, 6) is -1.36. The molecule has 0 spiro atoms. The molecule has 2 saturated carbocycles. The van der Waals surface area contributed by atoms with Gasteiger partial charge in [-0.2, -0.15) is 0 Å². The predicted octanol–water partition coefficient (Wildman–Crippen LogP) is 1.74. The summed E-state index contributed by atoms with van der Waals surface area (Å²) in [5.41, 5.74) is 5.51. The van der Waals surface area contributed by atoms with Crippen molar-refractivity contribution in [3.63, 3.8) is 0 Å². The average molecular weight is 372 g/mol. The molecule has 142 valence electrons. The van der Waals surface area contributed by atoms with Crippen LogP contribution in [0.3, 0.4) is 0 Å². The van der Waals surface area contributed by atoms with Crippen molar-refractivity contribution in [3.8, 4) is 0 Å². The molecule has 3 N–H and O–H groups in total. The largest absolute Gasteiger partial charge is 0.477 e. The highest BCUT2D eigenvalue weighted by molar-refractivity contribution is 5.92. The van der Waals surface area contributed by atoms with E-state index in [1.807, 2.05) is 4.90 Å². The van der Waals surface area contributed by atoms with Crippen LogP contribution < -0.4 is 16.1 Å². The van der Waals surface area contributed by atoms with Gasteiger partial charge in [0.1, 0.15) is 11.2 Å². The number of hydrogen-bond acceptors (Lipinski definition) is 5. The zero-order chi connectivity index (χ0) is 19.1. The molecule has 2 aromatic rings. The van der Waals surface area contributed by atoms with E-state index in [0.717, 1.165) is 25.3 Å². The first-order valence-corrected chi connectivity index (χ1v) is 9.28. The van der Waals surface area contributed by atoms with Crippen molar-refractivity contribution >= 4 is 22.8 Å². The summed E-state index contributed by atoms with van der Waals surface area (Å²) in [5, 5.41) is 9.34. The first kappa shape index (κ1) is 16.7. The third-order valence-corrected chi connectivity index (χ3v) is 6.49. The summed E-state index contributed by atoms with van der Waals surface area (Å²) in [4.78, 5) is 30.4. The number of anilines is 1. The fourth-order valence-electron chi connectivity index (χ4n) is 4.87. The Kier molecular flexibility index (Phi) is 3.26. The monoisotopic (exact) mass is 372 g/mol. The maximum atomic E-state index is 14.9. The number of halogens is 1. The standard InChI is InChI=1S/C19H21FN4O3/c1-19-5-14(21)12(19)7-23(8-19)17-13(20)4-10-15(25)11(18(26)27)6-24(9-2-3-9)16(10)22-17/h4,6,9,12,14H,2-3,5,7-8,21H2,1H3,(H,26,27)/t12?,14-,19-/m0/s1. The molecule has 7 nitrogen and oxygen atoms in total. The highest BCUT2D eigenvalue weighted by Gasteiger charge is 2.55. The Labute approximate surface area is 154 Å². The third kappa shape index (κ3) is 2.32. The summed E-state index contributed by atoms with van der Waals surface area (Å²) in [6.07, 6.45) is 4.05. The van der Waals surface area contributed by atoms with Crippen molar-refractivity contribution in [3.05, 3.63) is 33.9 Å². The Morgan fingerprint density at radius 3 is 2.78 bits per heavy atom. The van der Waals surface area contributed by atoms with Gasteiger partial charge in [-0.3, -0.25) is 4.79 Å². The number of hydrogen-bond donors (Lipinski definition) is 2. The molecule has 2 aliphatic carbocycles. The first-order chi connectivity index (χ1) is 12.8. The maximum Gasteiger partial charge on any atom is 0.341 e. The van der Waals surface area contributed by atoms with Crippen LogP contribution in [0.5, 0.6) is 0 Å². The third-order valence-electron chi connectivity index (χ3n) is 6.49. The van der Waals surface area contributed by atoms with Crippen LogP contribution in [0.4, 0.5) is 10.2 Å². The summed E-state index contributed by atoms with van der Waals surface area (Å²) in [7, 11) is 0. The van der Waals surface area contributed by atoms with Crippen LogP contribution in [0.15, 0.2) is 17.1 Å². The quantitative estimate of drug-likeness (QED) is 0.851. The lowest BCUT2D eigenvalue weighted by molar-refractivity contribution is 0.0694. The number of aromatic carboxylic acids is 1. The topological polar surface area (TPSA) is 101 Å². The number of aromatic nitrogens is 2. The van der Waals surface area contributed by atoms with Crippen molar-refractivity contribution < 1.29 is 14.3 Å². The van der Waals surface area contributed by atoms with Gasteiger partial charge in [0, 0.05) is 31.4 Å². The van der Waals surface area contributed by atoms with E-state index in [1.165, 1.54) is 6.20 Å². The lowest BCUT2D eigenvalue weighted by atomic mass is 9.60. The van der Waals surface area contributed by atoms with Crippen molar-refractivity contribution in [2.24, 2.45) is 17.1 Å². The van der Waals surface area contributed by atoms with E-state index in [0.29, 0.717) is 24.7 Å². The van der Waals surface area contributed by atoms with Gasteiger partial charge in [-0.25, -0.2) is 14.2 Å². The Hall–Kier alpha value is -2.48. The molecule has 0 amide bonds. The normalized spacial score (nSPS) is 29.7. The van der Waals surface area contributed by atoms with E-state index in [4.69, 9.17) is 5.73 Å². The highest BCUT2D eigenvalue weighted by Crippen LogP contribution is 2.51. The molecule has 3 aliphatic rings. The van der Waals surface area contributed by atoms with Gasteiger partial charge in [-0.1, -0.05) is 6.92 Å². The number of carboxylic acid groups (broad SMARTS) is 1. The fourth-order valence-corrected chi connectivity index (χ4v) is 4.87. The average Bonchev–Trinajstić information content (AvgIpc) is 3.39. The van der Waals surface area contributed by atoms with E-state index in [1.54, 1.807) is 4.57 Å². The van der Waals surface area contributed by atoms with Gasteiger partial charge >= 0.3 is 5.97 Å². The molecule has 1 saturated heterocycles. The van der Waals surface area contributed by atoms with Gasteiger partial charge < -0.3 is 20.3 Å². The molecule has 27 heavy (non-hydrogen) atoms. The molecule has 1 aliphatic heterocycles. The van der Waals surface area contributed by atoms with Crippen molar-refractivity contribution in [1.82, 2.24) is 9.55 Å². The molecule has 2 aromatic heterocycles. The van der Waals surface area contributed by atoms with E-state index in [-0.39, 0.29) is 34.3 Å². The van der Waals surface area contributed by atoms with E-state index in [2.05, 4.69) is 11.9 Å². The second-order valence-corrected chi connectivity index (χ2v) is 8.49. The van der Waals surface area contributed by atoms with Crippen LogP contribution in [-0.2, 0) is 0 Å². The molecule has 3 atom stereocenters. The second kappa shape index (κ2) is 5.28. The molecule has 0 bridgehead atoms. The summed E-state index contributed by atoms with van der Waals surface area (Å²) in [6.45, 7) is 3.49. The molecule has 3 heterocycles. The molecular formula is C19H21FN4O3. The fraction of sp³-hybridized carbons (Fsp3) is 0.526. The van der Waals surface area contributed by atoms with E-state index in [9.17, 15) is 19.1 Å². The first-order valence-electron chi connectivity index (χ1n) is 9.28. The minimum atomic E-state index is -1.31. The van der Waals surface area contributed by atoms with Crippen molar-refractivity contribution in [2.45, 2.75) is 38.3 Å². The van der Waals surface area contributed by atoms with Gasteiger partial charge in [0.25, 0.3) is 0 Å². The molecule has 0 radical (unpaired) electrons. The van der Waals surface area contributed by atoms with E-state index < -0.39 is 17.2 Å². The zero-order valence-electron chi connectivity index (χ0n) is 15.0. The Morgan fingerprint density at radius 2 is 2.19 bits per heavy atom. The van der Waals surface area contributed by atoms with Crippen LogP contribution in [0.1, 0.15) is 42.6 Å². The van der Waals surface area contributed by atoms with Crippen LogP contribution >= 0.6 is 0 Å². The molecule has 0 aromatic carbocycles. The predicted molar refractivity (Wildman–Crippen MR) is 97.6 cm³/mol. The molecule has 1 unspecified atom stereocenters. The van der Waals surface area contributed by atoms with Gasteiger partial charge in [0.15, 0.2) is 11.6 Å². The Bertz CT molecular complexity index is 1050. The molecule has 5 rings (SSSR count). The van der Waals surface area contributed by atoms with Crippen LogP contribution in [0, 0.1) is 17.2 Å². The lowest BCUT2D eigenvalue weighted by Crippen LogP contribution is -2.53. The SMILES string of the molecule is C[C@@]12C[C@H](N)C1CN(c1nc3c(cc1F)c(=O)c(C(=O)O)cn3C1CC1)C2. The van der Waals surface area contributed by atoms with E-state index >= 15 is 0 Å². The summed E-state index contributed by atoms with van der Waals surface area (Å²) in [6, 6.07) is 1.39. The zero-order valence-corrected chi connectivity index (χ0v) is 15.0. The maximum absolute atomic E-state index is 14.9. The van der Waals surface area contributed by atoms with Gasteiger partial charge in [0.05, 0.1) is 5.39 Å². The Balaban J connectivity index is 1.67. The van der Waals surface area contributed by atoms with Crippen molar-refractivity contribution in [2.75, 3.05) is 18.0 Å². The number of nitrogens with two attached hydrogens (primary N) is 1. The smallest absolute Gasteiger partial charge is 0.341 e. The minimum absolute atomic E-state index is 0.0214. The number of pyridine rings is 2. The van der Waals surface area contributed by atoms with Gasteiger partial charge in [0.2, 0.25) is 5.43 Å². The summed E-state index contributed by atoms with van der Waals surface area (Å²) >= 11 is 0. The molecule has 3 fully saturated rings. The molecule has 8 heteroatoms. The minimum Gasteiger partial charge on any atom is -0.477 e. The van der Waals surface area contributed by atoms with Crippen LogP contribution in [0.25, 0.3) is 11.0 Å². The van der Waals surface area contributed by atoms with Gasteiger partial charge in [-0.05, 0) is 36.7 Å². The van der Waals surface area contributed by atoms with Gasteiger partial charge in [-0.15, -0.1) is 0 Å². The van der Waals surface area contributed by atoms with Crippen molar-refractivity contribution in [1.29, 1.82) is 0 Å². The lowest BCUT2D eigenvalue weighted by Gasteiger charge is -2.46. The van der Waals surface area contributed by atoms with Crippen LogP contribution in [0.2, 0.25) is 0 Å². The number of fused-ring (bicyclic) bond motifs is 2. The number of nitrogens with zero attached hydrogens (tertiary/aromatic N) is 3. The number of rotatable bonds is 3. The number of carboxylic acids is 1. The molecular weight excluding hydrogens is 351 g/mol. The summed E-state index contributed by atoms with van der Waals surface area (Å²) < 4.78 is 16.6. The van der Waals surface area contributed by atoms with Crippen LogP contribution in [-0.4, -0.2) is 39.8 Å². The Morgan fingerprint density at radius 1 is 1.44 bits per heavy atom. The highest BCUT2D eigenvalue weighted by atomic mass is 19.1. The second-order valence-electron chi connectivity index (χ2n) is 8.49. The number of carbonyl (C=O) groups is 1.